The summed E-state index contributed by atoms with van der Waals surface area (Å²) in [6, 6.07) is 1.76. The molecule has 1 N–H and O–H groups in total. The first-order valence-corrected chi connectivity index (χ1v) is 6.18. The molecule has 18 heavy (non-hydrogen) atoms. The standard InChI is InChI=1S/C11H12N4O2S/c1-7-3-9(12-4-8-5-18-6-13-8)15-10(14-7)11(16)17-2/h3,5-6H,4H2,1-2H3,(H,12,14,15). The fourth-order valence-electron chi connectivity index (χ4n) is 1.35. The lowest BCUT2D eigenvalue weighted by Gasteiger charge is -2.06. The van der Waals surface area contributed by atoms with Crippen LogP contribution in [0.2, 0.25) is 0 Å². The third-order valence-corrected chi connectivity index (χ3v) is 2.79. The minimum atomic E-state index is -0.546. The number of thiazole rings is 1. The molecule has 0 spiro atoms. The normalized spacial score (nSPS) is 10.1. The van der Waals surface area contributed by atoms with Crippen LogP contribution in [0.5, 0.6) is 0 Å². The molecular weight excluding hydrogens is 252 g/mol. The highest BCUT2D eigenvalue weighted by atomic mass is 32.1. The van der Waals surface area contributed by atoms with Crippen molar-refractivity contribution in [3.63, 3.8) is 0 Å². The van der Waals surface area contributed by atoms with E-state index >= 15 is 0 Å². The van der Waals surface area contributed by atoms with Gasteiger partial charge in [-0.1, -0.05) is 0 Å². The molecule has 0 bridgehead atoms. The molecule has 0 radical (unpaired) electrons. The predicted molar refractivity (Wildman–Crippen MR) is 67.5 cm³/mol. The molecule has 0 aliphatic heterocycles. The van der Waals surface area contributed by atoms with Gasteiger partial charge in [0.05, 0.1) is 24.9 Å². The summed E-state index contributed by atoms with van der Waals surface area (Å²) in [4.78, 5) is 23.6. The summed E-state index contributed by atoms with van der Waals surface area (Å²) in [7, 11) is 1.30. The Labute approximate surface area is 108 Å². The number of anilines is 1. The number of aryl methyl sites for hydroxylation is 1. The monoisotopic (exact) mass is 264 g/mol. The van der Waals surface area contributed by atoms with E-state index in [1.54, 1.807) is 18.5 Å². The number of hydrogen-bond acceptors (Lipinski definition) is 7. The molecule has 0 fully saturated rings. The van der Waals surface area contributed by atoms with Crippen molar-refractivity contribution in [1.82, 2.24) is 15.0 Å². The third-order valence-electron chi connectivity index (χ3n) is 2.16. The minimum absolute atomic E-state index is 0.0540. The number of hydrogen-bond donors (Lipinski definition) is 1. The maximum Gasteiger partial charge on any atom is 0.376 e. The fraction of sp³-hybridized carbons (Fsp3) is 0.273. The van der Waals surface area contributed by atoms with E-state index in [0.29, 0.717) is 18.1 Å². The van der Waals surface area contributed by atoms with Gasteiger partial charge in [0.15, 0.2) is 0 Å². The summed E-state index contributed by atoms with van der Waals surface area (Å²) >= 11 is 1.53. The molecule has 0 amide bonds. The molecule has 2 rings (SSSR count). The van der Waals surface area contributed by atoms with E-state index in [4.69, 9.17) is 0 Å². The maximum absolute atomic E-state index is 11.4. The zero-order valence-electron chi connectivity index (χ0n) is 10.0. The molecule has 0 saturated carbocycles. The highest BCUT2D eigenvalue weighted by Gasteiger charge is 2.11. The number of aromatic nitrogens is 3. The Kier molecular flexibility index (Phi) is 3.83. The average molecular weight is 264 g/mol. The minimum Gasteiger partial charge on any atom is -0.463 e. The molecule has 0 unspecified atom stereocenters. The van der Waals surface area contributed by atoms with Crippen molar-refractivity contribution < 1.29 is 9.53 Å². The summed E-state index contributed by atoms with van der Waals surface area (Å²) in [5.74, 6) is 0.0876. The molecular formula is C11H12N4O2S. The SMILES string of the molecule is COC(=O)c1nc(C)cc(NCc2cscn2)n1. The van der Waals surface area contributed by atoms with E-state index in [0.717, 1.165) is 5.69 Å². The Balaban J connectivity index is 2.12. The van der Waals surface area contributed by atoms with Gasteiger partial charge in [-0.05, 0) is 6.92 Å². The van der Waals surface area contributed by atoms with Crippen LogP contribution in [0.4, 0.5) is 5.82 Å². The Morgan fingerprint density at radius 1 is 1.50 bits per heavy atom. The summed E-state index contributed by atoms with van der Waals surface area (Å²) in [6.07, 6.45) is 0. The molecule has 0 aliphatic carbocycles. The number of rotatable bonds is 4. The topological polar surface area (TPSA) is 77.0 Å². The number of carbonyl (C=O) groups is 1. The van der Waals surface area contributed by atoms with E-state index in [2.05, 4.69) is 25.0 Å². The molecule has 0 saturated heterocycles. The van der Waals surface area contributed by atoms with Gasteiger partial charge in [0.1, 0.15) is 5.82 Å². The van der Waals surface area contributed by atoms with E-state index in [-0.39, 0.29) is 5.82 Å². The van der Waals surface area contributed by atoms with Gasteiger partial charge in [0.25, 0.3) is 0 Å². The zero-order chi connectivity index (χ0) is 13.0. The lowest BCUT2D eigenvalue weighted by Crippen LogP contribution is -2.11. The molecule has 2 heterocycles. The highest BCUT2D eigenvalue weighted by molar-refractivity contribution is 7.07. The quantitative estimate of drug-likeness (QED) is 0.846. The lowest BCUT2D eigenvalue weighted by atomic mass is 10.4. The molecule has 2 aromatic heterocycles. The number of carbonyl (C=O) groups excluding carboxylic acids is 1. The second-order valence-corrected chi connectivity index (χ2v) is 4.26. The zero-order valence-corrected chi connectivity index (χ0v) is 10.8. The molecule has 7 heteroatoms. The number of nitrogens with zero attached hydrogens (tertiary/aromatic N) is 3. The van der Waals surface area contributed by atoms with Gasteiger partial charge in [-0.25, -0.2) is 19.7 Å². The molecule has 0 aliphatic rings. The number of esters is 1. The predicted octanol–water partition coefficient (Wildman–Crippen LogP) is 1.64. The molecule has 0 aromatic carbocycles. The second kappa shape index (κ2) is 5.54. The fourth-order valence-corrected chi connectivity index (χ4v) is 1.91. The average Bonchev–Trinajstić information content (AvgIpc) is 2.88. The number of nitrogens with one attached hydrogen (secondary N) is 1. The summed E-state index contributed by atoms with van der Waals surface area (Å²) in [6.45, 7) is 2.35. The lowest BCUT2D eigenvalue weighted by molar-refractivity contribution is 0.0586. The molecule has 2 aromatic rings. The van der Waals surface area contributed by atoms with Gasteiger partial charge in [0.2, 0.25) is 5.82 Å². The van der Waals surface area contributed by atoms with Crippen LogP contribution in [-0.4, -0.2) is 28.0 Å². The van der Waals surface area contributed by atoms with Crippen LogP contribution in [0.15, 0.2) is 17.0 Å². The van der Waals surface area contributed by atoms with Crippen LogP contribution in [-0.2, 0) is 11.3 Å². The Hall–Kier alpha value is -2.02. The maximum atomic E-state index is 11.4. The van der Waals surface area contributed by atoms with Crippen LogP contribution >= 0.6 is 11.3 Å². The van der Waals surface area contributed by atoms with Crippen molar-refractivity contribution in [2.75, 3.05) is 12.4 Å². The Morgan fingerprint density at radius 3 is 3.00 bits per heavy atom. The van der Waals surface area contributed by atoms with Crippen LogP contribution in [0.3, 0.4) is 0 Å². The molecule has 6 nitrogen and oxygen atoms in total. The summed E-state index contributed by atoms with van der Waals surface area (Å²) in [5.41, 5.74) is 3.39. The van der Waals surface area contributed by atoms with Crippen molar-refractivity contribution in [2.45, 2.75) is 13.5 Å². The van der Waals surface area contributed by atoms with Crippen molar-refractivity contribution in [1.29, 1.82) is 0 Å². The Bertz CT molecular complexity index is 542. The number of methoxy groups -OCH3 is 1. The van der Waals surface area contributed by atoms with Gasteiger partial charge in [0, 0.05) is 17.1 Å². The van der Waals surface area contributed by atoms with E-state index < -0.39 is 5.97 Å². The third kappa shape index (κ3) is 3.01. The van der Waals surface area contributed by atoms with Gasteiger partial charge in [-0.3, -0.25) is 0 Å². The van der Waals surface area contributed by atoms with E-state index in [1.165, 1.54) is 18.4 Å². The van der Waals surface area contributed by atoms with Crippen LogP contribution in [0.25, 0.3) is 0 Å². The molecule has 0 atom stereocenters. The second-order valence-electron chi connectivity index (χ2n) is 3.54. The van der Waals surface area contributed by atoms with E-state index in [1.807, 2.05) is 5.38 Å². The van der Waals surface area contributed by atoms with Crippen LogP contribution in [0, 0.1) is 6.92 Å². The van der Waals surface area contributed by atoms with Crippen LogP contribution in [0.1, 0.15) is 22.0 Å². The van der Waals surface area contributed by atoms with Gasteiger partial charge in [-0.15, -0.1) is 11.3 Å². The first-order valence-electron chi connectivity index (χ1n) is 5.24. The van der Waals surface area contributed by atoms with Gasteiger partial charge >= 0.3 is 5.97 Å². The van der Waals surface area contributed by atoms with Gasteiger partial charge in [-0.2, -0.15) is 0 Å². The number of ether oxygens (including phenoxy) is 1. The molecule has 94 valence electrons. The van der Waals surface area contributed by atoms with Gasteiger partial charge < -0.3 is 10.1 Å². The highest BCUT2D eigenvalue weighted by Crippen LogP contribution is 2.09. The van der Waals surface area contributed by atoms with Crippen molar-refractivity contribution in [3.8, 4) is 0 Å². The Morgan fingerprint density at radius 2 is 2.33 bits per heavy atom. The first kappa shape index (κ1) is 12.4. The van der Waals surface area contributed by atoms with Crippen molar-refractivity contribution >= 4 is 23.1 Å². The van der Waals surface area contributed by atoms with Crippen molar-refractivity contribution in [3.05, 3.63) is 34.2 Å². The summed E-state index contributed by atoms with van der Waals surface area (Å²) in [5, 5.41) is 5.04. The largest absolute Gasteiger partial charge is 0.463 e. The van der Waals surface area contributed by atoms with E-state index in [9.17, 15) is 4.79 Å². The summed E-state index contributed by atoms with van der Waals surface area (Å²) < 4.78 is 4.59. The van der Waals surface area contributed by atoms with Crippen LogP contribution < -0.4 is 5.32 Å². The van der Waals surface area contributed by atoms with Crippen molar-refractivity contribution in [2.24, 2.45) is 0 Å². The smallest absolute Gasteiger partial charge is 0.376 e. The first-order chi connectivity index (χ1) is 8.69.